The van der Waals surface area contributed by atoms with Gasteiger partial charge in [-0.15, -0.1) is 0 Å². The summed E-state index contributed by atoms with van der Waals surface area (Å²) in [5.41, 5.74) is 0. The Balaban J connectivity index is 1.52. The van der Waals surface area contributed by atoms with Crippen LogP contribution in [0.5, 0.6) is 5.75 Å². The van der Waals surface area contributed by atoms with E-state index in [-0.39, 0.29) is 11.7 Å². The number of hydrogen-bond acceptors (Lipinski definition) is 3. The second-order valence-corrected chi connectivity index (χ2v) is 7.49. The zero-order valence-corrected chi connectivity index (χ0v) is 15.6. The van der Waals surface area contributed by atoms with Gasteiger partial charge in [-0.25, -0.2) is 4.39 Å². The minimum atomic E-state index is -0.579. The molecule has 3 rings (SSSR count). The van der Waals surface area contributed by atoms with Crippen molar-refractivity contribution in [2.24, 2.45) is 0 Å². The van der Waals surface area contributed by atoms with Gasteiger partial charge < -0.3 is 9.64 Å². The molecule has 1 aromatic carbocycles. The minimum absolute atomic E-state index is 0.00250. The lowest BCUT2D eigenvalue weighted by Gasteiger charge is -2.38. The van der Waals surface area contributed by atoms with E-state index in [0.29, 0.717) is 16.3 Å². The molecule has 1 aliphatic heterocycles. The standard InChI is InChI=1S/C18H24BrFN2O2/c1-13(24-17-7-6-14(20)12-16(17)19)18(23)22-10-8-21(9-11-22)15-4-2-3-5-15/h6-7,12-13,15H,2-5,8-11H2,1H3. The normalized spacial score (nSPS) is 21.0. The number of carbonyl (C=O) groups excluding carboxylic acids is 1. The first kappa shape index (κ1) is 17.7. The molecular formula is C18H24BrFN2O2. The number of piperazine rings is 1. The molecule has 0 bridgehead atoms. The Hall–Kier alpha value is -1.14. The summed E-state index contributed by atoms with van der Waals surface area (Å²) >= 11 is 3.27. The molecule has 2 aliphatic rings. The Bertz CT molecular complexity index is 584. The molecule has 4 nitrogen and oxygen atoms in total. The highest BCUT2D eigenvalue weighted by atomic mass is 79.9. The first-order chi connectivity index (χ1) is 11.5. The van der Waals surface area contributed by atoms with Gasteiger partial charge in [-0.1, -0.05) is 12.8 Å². The van der Waals surface area contributed by atoms with E-state index in [0.717, 1.165) is 26.2 Å². The fourth-order valence-corrected chi connectivity index (χ4v) is 4.09. The predicted molar refractivity (Wildman–Crippen MR) is 94.6 cm³/mol. The summed E-state index contributed by atoms with van der Waals surface area (Å²) in [7, 11) is 0. The van der Waals surface area contributed by atoms with Gasteiger partial charge in [-0.2, -0.15) is 0 Å². The van der Waals surface area contributed by atoms with Gasteiger partial charge in [-0.05, 0) is 53.9 Å². The molecular weight excluding hydrogens is 375 g/mol. The monoisotopic (exact) mass is 398 g/mol. The number of amides is 1. The highest BCUT2D eigenvalue weighted by Crippen LogP contribution is 2.27. The minimum Gasteiger partial charge on any atom is -0.480 e. The maximum atomic E-state index is 13.1. The van der Waals surface area contributed by atoms with Gasteiger partial charge in [-0.3, -0.25) is 9.69 Å². The van der Waals surface area contributed by atoms with E-state index in [2.05, 4.69) is 20.8 Å². The van der Waals surface area contributed by atoms with Crippen LogP contribution in [0.25, 0.3) is 0 Å². The van der Waals surface area contributed by atoms with Gasteiger partial charge in [0.1, 0.15) is 11.6 Å². The molecule has 1 saturated heterocycles. The van der Waals surface area contributed by atoms with E-state index in [9.17, 15) is 9.18 Å². The number of carbonyl (C=O) groups is 1. The van der Waals surface area contributed by atoms with Crippen LogP contribution in [0.1, 0.15) is 32.6 Å². The predicted octanol–water partition coefficient (Wildman–Crippen LogP) is 3.44. The van der Waals surface area contributed by atoms with E-state index < -0.39 is 6.10 Å². The molecule has 0 N–H and O–H groups in total. The largest absolute Gasteiger partial charge is 0.480 e. The molecule has 0 aromatic heterocycles. The third-order valence-electron chi connectivity index (χ3n) is 5.01. The molecule has 2 fully saturated rings. The van der Waals surface area contributed by atoms with Gasteiger partial charge in [0, 0.05) is 32.2 Å². The Morgan fingerprint density at radius 3 is 2.54 bits per heavy atom. The zero-order chi connectivity index (χ0) is 17.1. The van der Waals surface area contributed by atoms with Crippen LogP contribution in [0.15, 0.2) is 22.7 Å². The van der Waals surface area contributed by atoms with E-state index in [1.54, 1.807) is 13.0 Å². The molecule has 1 saturated carbocycles. The SMILES string of the molecule is CC(Oc1ccc(F)cc1Br)C(=O)N1CCN(C2CCCC2)CC1. The highest BCUT2D eigenvalue weighted by molar-refractivity contribution is 9.10. The van der Waals surface area contributed by atoms with Crippen LogP contribution in [-0.2, 0) is 4.79 Å². The molecule has 1 heterocycles. The smallest absolute Gasteiger partial charge is 0.263 e. The van der Waals surface area contributed by atoms with Crippen LogP contribution < -0.4 is 4.74 Å². The lowest BCUT2D eigenvalue weighted by molar-refractivity contribution is -0.140. The van der Waals surface area contributed by atoms with Crippen molar-refractivity contribution in [3.63, 3.8) is 0 Å². The first-order valence-corrected chi connectivity index (χ1v) is 9.48. The third kappa shape index (κ3) is 4.09. The average Bonchev–Trinajstić information content (AvgIpc) is 3.11. The van der Waals surface area contributed by atoms with Crippen molar-refractivity contribution in [1.29, 1.82) is 0 Å². The van der Waals surface area contributed by atoms with Gasteiger partial charge in [0.05, 0.1) is 4.47 Å². The Morgan fingerprint density at radius 2 is 1.92 bits per heavy atom. The van der Waals surface area contributed by atoms with E-state index >= 15 is 0 Å². The maximum absolute atomic E-state index is 13.1. The van der Waals surface area contributed by atoms with E-state index in [1.165, 1.54) is 37.8 Å². The second kappa shape index (κ2) is 7.83. The molecule has 1 unspecified atom stereocenters. The van der Waals surface area contributed by atoms with Crippen molar-refractivity contribution in [1.82, 2.24) is 9.80 Å². The summed E-state index contributed by atoms with van der Waals surface area (Å²) in [6.07, 6.45) is 4.69. The topological polar surface area (TPSA) is 32.8 Å². The number of rotatable bonds is 4. The lowest BCUT2D eigenvalue weighted by atomic mass is 10.1. The molecule has 132 valence electrons. The summed E-state index contributed by atoms with van der Waals surface area (Å²) in [4.78, 5) is 17.0. The first-order valence-electron chi connectivity index (χ1n) is 8.69. The summed E-state index contributed by atoms with van der Waals surface area (Å²) in [5.74, 6) is 0.148. The average molecular weight is 399 g/mol. The van der Waals surface area contributed by atoms with Gasteiger partial charge >= 0.3 is 0 Å². The highest BCUT2D eigenvalue weighted by Gasteiger charge is 2.30. The van der Waals surface area contributed by atoms with E-state index in [1.807, 2.05) is 4.90 Å². The molecule has 1 aliphatic carbocycles. The van der Waals surface area contributed by atoms with Crippen LogP contribution in [0.3, 0.4) is 0 Å². The van der Waals surface area contributed by atoms with Crippen LogP contribution in [-0.4, -0.2) is 54.0 Å². The maximum Gasteiger partial charge on any atom is 0.263 e. The number of nitrogens with zero attached hydrogens (tertiary/aromatic N) is 2. The van der Waals surface area contributed by atoms with Crippen molar-refractivity contribution >= 4 is 21.8 Å². The number of hydrogen-bond donors (Lipinski definition) is 0. The van der Waals surface area contributed by atoms with Crippen molar-refractivity contribution in [3.8, 4) is 5.75 Å². The van der Waals surface area contributed by atoms with Gasteiger partial charge in [0.25, 0.3) is 5.91 Å². The Labute approximate surface area is 151 Å². The fraction of sp³-hybridized carbons (Fsp3) is 0.611. The van der Waals surface area contributed by atoms with Crippen LogP contribution in [0, 0.1) is 5.82 Å². The molecule has 0 spiro atoms. The quantitative estimate of drug-likeness (QED) is 0.778. The second-order valence-electron chi connectivity index (χ2n) is 6.63. The molecule has 1 atom stereocenters. The molecule has 24 heavy (non-hydrogen) atoms. The van der Waals surface area contributed by atoms with Crippen LogP contribution >= 0.6 is 15.9 Å². The van der Waals surface area contributed by atoms with Crippen molar-refractivity contribution < 1.29 is 13.9 Å². The summed E-state index contributed by atoms with van der Waals surface area (Å²) < 4.78 is 19.4. The molecule has 1 amide bonds. The van der Waals surface area contributed by atoms with Crippen LogP contribution in [0.4, 0.5) is 4.39 Å². The number of benzene rings is 1. The summed E-state index contributed by atoms with van der Waals surface area (Å²) in [6.45, 7) is 5.16. The van der Waals surface area contributed by atoms with E-state index in [4.69, 9.17) is 4.74 Å². The molecule has 1 aromatic rings. The van der Waals surface area contributed by atoms with Crippen LogP contribution in [0.2, 0.25) is 0 Å². The summed E-state index contributed by atoms with van der Waals surface area (Å²) in [6, 6.07) is 4.93. The Morgan fingerprint density at radius 1 is 1.25 bits per heavy atom. The summed E-state index contributed by atoms with van der Waals surface area (Å²) in [5, 5.41) is 0. The third-order valence-corrected chi connectivity index (χ3v) is 5.63. The van der Waals surface area contributed by atoms with Crippen molar-refractivity contribution in [2.45, 2.75) is 44.8 Å². The fourth-order valence-electron chi connectivity index (χ4n) is 3.65. The molecule has 6 heteroatoms. The van der Waals surface area contributed by atoms with Gasteiger partial charge in [0.2, 0.25) is 0 Å². The van der Waals surface area contributed by atoms with Crippen molar-refractivity contribution in [2.75, 3.05) is 26.2 Å². The Kier molecular flexibility index (Phi) is 5.76. The number of halogens is 2. The number of ether oxygens (including phenoxy) is 1. The van der Waals surface area contributed by atoms with Gasteiger partial charge in [0.15, 0.2) is 6.10 Å². The molecule has 0 radical (unpaired) electrons. The zero-order valence-electron chi connectivity index (χ0n) is 14.0. The lowest BCUT2D eigenvalue weighted by Crippen LogP contribution is -2.53. The van der Waals surface area contributed by atoms with Crippen molar-refractivity contribution in [3.05, 3.63) is 28.5 Å².